The molecule has 0 radical (unpaired) electrons. The summed E-state index contributed by atoms with van der Waals surface area (Å²) in [5, 5.41) is 5.56. The van der Waals surface area contributed by atoms with Gasteiger partial charge in [-0.2, -0.15) is 0 Å². The van der Waals surface area contributed by atoms with Crippen LogP contribution in [0.1, 0.15) is 32.3 Å². The summed E-state index contributed by atoms with van der Waals surface area (Å²) in [7, 11) is 0. The van der Waals surface area contributed by atoms with Gasteiger partial charge in [0.15, 0.2) is 0 Å². The van der Waals surface area contributed by atoms with Gasteiger partial charge in [-0.25, -0.2) is 0 Å². The van der Waals surface area contributed by atoms with Crippen LogP contribution in [-0.4, -0.2) is 62.7 Å². The number of amides is 2. The average molecular weight is 361 g/mol. The first-order valence-electron chi connectivity index (χ1n) is 9.36. The lowest BCUT2D eigenvalue weighted by Gasteiger charge is -2.26. The lowest BCUT2D eigenvalue weighted by atomic mass is 9.80. The van der Waals surface area contributed by atoms with Gasteiger partial charge >= 0.3 is 0 Å². The van der Waals surface area contributed by atoms with Crippen molar-refractivity contribution in [2.45, 2.75) is 32.1 Å². The van der Waals surface area contributed by atoms with Crippen LogP contribution in [0, 0.1) is 0 Å². The van der Waals surface area contributed by atoms with Crippen LogP contribution in [0.15, 0.2) is 30.3 Å². The fourth-order valence-corrected chi connectivity index (χ4v) is 2.97. The highest BCUT2D eigenvalue weighted by atomic mass is 16.5. The monoisotopic (exact) mass is 361 g/mol. The van der Waals surface area contributed by atoms with E-state index in [9.17, 15) is 9.59 Å². The van der Waals surface area contributed by atoms with Crippen molar-refractivity contribution in [1.82, 2.24) is 15.5 Å². The number of hydrogen-bond donors (Lipinski definition) is 2. The lowest BCUT2D eigenvalue weighted by Crippen LogP contribution is -2.43. The van der Waals surface area contributed by atoms with E-state index in [1.54, 1.807) is 0 Å². The highest BCUT2D eigenvalue weighted by Gasteiger charge is 2.21. The van der Waals surface area contributed by atoms with E-state index >= 15 is 0 Å². The van der Waals surface area contributed by atoms with Crippen molar-refractivity contribution in [2.24, 2.45) is 0 Å². The predicted octanol–water partition coefficient (Wildman–Crippen LogP) is 1.31. The topological polar surface area (TPSA) is 70.7 Å². The molecule has 0 saturated carbocycles. The zero-order valence-corrected chi connectivity index (χ0v) is 15.9. The van der Waals surface area contributed by atoms with E-state index in [-0.39, 0.29) is 23.8 Å². The molecule has 2 rings (SSSR count). The molecule has 26 heavy (non-hydrogen) atoms. The van der Waals surface area contributed by atoms with E-state index in [2.05, 4.69) is 41.5 Å². The molecule has 0 unspecified atom stereocenters. The number of carbonyl (C=O) groups is 2. The third kappa shape index (κ3) is 7.14. The second-order valence-corrected chi connectivity index (χ2v) is 7.33. The first-order chi connectivity index (χ1) is 12.5. The van der Waals surface area contributed by atoms with E-state index in [1.807, 2.05) is 18.2 Å². The highest BCUT2D eigenvalue weighted by molar-refractivity contribution is 5.84. The third-order valence-electron chi connectivity index (χ3n) is 4.83. The van der Waals surface area contributed by atoms with Gasteiger partial charge < -0.3 is 15.4 Å². The van der Waals surface area contributed by atoms with Gasteiger partial charge in [-0.15, -0.1) is 0 Å². The number of hydrogen-bond acceptors (Lipinski definition) is 4. The number of nitrogens with one attached hydrogen (secondary N) is 2. The molecule has 0 bridgehead atoms. The molecule has 6 nitrogen and oxygen atoms in total. The zero-order chi connectivity index (χ0) is 18.8. The average Bonchev–Trinajstić information content (AvgIpc) is 2.66. The van der Waals surface area contributed by atoms with Crippen LogP contribution >= 0.6 is 0 Å². The number of benzene rings is 1. The molecule has 1 aliphatic rings. The quantitative estimate of drug-likeness (QED) is 0.696. The number of ether oxygens (including phenoxy) is 1. The standard InChI is InChI=1S/C20H31N3O3/c1-20(2,17-6-4-3-5-7-17)9-8-18(24)22-16-19(25)21-10-11-23-12-14-26-15-13-23/h3-7H,8-16H2,1-2H3,(H,21,25)(H,22,24). The van der Waals surface area contributed by atoms with Gasteiger partial charge in [-0.1, -0.05) is 44.2 Å². The molecule has 0 aromatic heterocycles. The van der Waals surface area contributed by atoms with E-state index < -0.39 is 0 Å². The van der Waals surface area contributed by atoms with E-state index in [4.69, 9.17) is 4.74 Å². The summed E-state index contributed by atoms with van der Waals surface area (Å²) in [5.41, 5.74) is 1.15. The Bertz CT molecular complexity index is 569. The smallest absolute Gasteiger partial charge is 0.239 e. The van der Waals surface area contributed by atoms with Gasteiger partial charge in [0.1, 0.15) is 0 Å². The summed E-state index contributed by atoms with van der Waals surface area (Å²) in [6, 6.07) is 10.2. The maximum absolute atomic E-state index is 12.0. The molecule has 1 fully saturated rings. The SMILES string of the molecule is CC(C)(CCC(=O)NCC(=O)NCCN1CCOCC1)c1ccccc1. The normalized spacial score (nSPS) is 15.5. The fourth-order valence-electron chi connectivity index (χ4n) is 2.97. The van der Waals surface area contributed by atoms with Crippen molar-refractivity contribution in [1.29, 1.82) is 0 Å². The van der Waals surface area contributed by atoms with Crippen molar-refractivity contribution in [3.8, 4) is 0 Å². The van der Waals surface area contributed by atoms with Crippen molar-refractivity contribution < 1.29 is 14.3 Å². The fraction of sp³-hybridized carbons (Fsp3) is 0.600. The Labute approximate surface area is 156 Å². The summed E-state index contributed by atoms with van der Waals surface area (Å²) in [6.07, 6.45) is 1.14. The molecule has 1 aromatic rings. The van der Waals surface area contributed by atoms with E-state index in [1.165, 1.54) is 5.56 Å². The Morgan fingerprint density at radius 1 is 1.08 bits per heavy atom. The summed E-state index contributed by atoms with van der Waals surface area (Å²) in [6.45, 7) is 9.03. The maximum atomic E-state index is 12.0. The number of morpholine rings is 1. The molecule has 0 spiro atoms. The molecule has 2 N–H and O–H groups in total. The van der Waals surface area contributed by atoms with Gasteiger partial charge in [-0.05, 0) is 17.4 Å². The maximum Gasteiger partial charge on any atom is 0.239 e. The van der Waals surface area contributed by atoms with Crippen LogP contribution in [0.25, 0.3) is 0 Å². The Morgan fingerprint density at radius 3 is 2.46 bits per heavy atom. The minimum absolute atomic E-state index is 0.0354. The van der Waals surface area contributed by atoms with Crippen LogP contribution < -0.4 is 10.6 Å². The Kier molecular flexibility index (Phi) is 8.06. The highest BCUT2D eigenvalue weighted by Crippen LogP contribution is 2.27. The molecular weight excluding hydrogens is 330 g/mol. The summed E-state index contributed by atoms with van der Waals surface area (Å²) < 4.78 is 5.29. The van der Waals surface area contributed by atoms with Gasteiger partial charge in [0.2, 0.25) is 11.8 Å². The van der Waals surface area contributed by atoms with Crippen LogP contribution in [0.4, 0.5) is 0 Å². The molecule has 1 saturated heterocycles. The van der Waals surface area contributed by atoms with Crippen LogP contribution in [0.2, 0.25) is 0 Å². The first-order valence-corrected chi connectivity index (χ1v) is 9.36. The van der Waals surface area contributed by atoms with Crippen molar-refractivity contribution >= 4 is 11.8 Å². The number of nitrogens with zero attached hydrogens (tertiary/aromatic N) is 1. The second kappa shape index (κ2) is 10.3. The molecule has 1 aromatic carbocycles. The number of carbonyl (C=O) groups excluding carboxylic acids is 2. The number of rotatable bonds is 9. The molecule has 0 atom stereocenters. The van der Waals surface area contributed by atoms with Crippen LogP contribution in [0.3, 0.4) is 0 Å². The Hall–Kier alpha value is -1.92. The van der Waals surface area contributed by atoms with Gasteiger partial charge in [0.05, 0.1) is 19.8 Å². The summed E-state index contributed by atoms with van der Waals surface area (Å²) in [5.74, 6) is -0.230. The Morgan fingerprint density at radius 2 is 1.77 bits per heavy atom. The Balaban J connectivity index is 1.59. The van der Waals surface area contributed by atoms with E-state index in [0.29, 0.717) is 13.0 Å². The van der Waals surface area contributed by atoms with E-state index in [0.717, 1.165) is 39.3 Å². The summed E-state index contributed by atoms with van der Waals surface area (Å²) in [4.78, 5) is 26.1. The van der Waals surface area contributed by atoms with Crippen molar-refractivity contribution in [3.05, 3.63) is 35.9 Å². The van der Waals surface area contributed by atoms with Crippen molar-refractivity contribution in [3.63, 3.8) is 0 Å². The zero-order valence-electron chi connectivity index (χ0n) is 15.9. The van der Waals surface area contributed by atoms with Gasteiger partial charge in [0, 0.05) is 32.6 Å². The first kappa shape index (κ1) is 20.4. The molecule has 2 amide bonds. The third-order valence-corrected chi connectivity index (χ3v) is 4.83. The van der Waals surface area contributed by atoms with Crippen LogP contribution in [0.5, 0.6) is 0 Å². The minimum atomic E-state index is -0.145. The molecular formula is C20H31N3O3. The molecule has 0 aliphatic carbocycles. The predicted molar refractivity (Wildman–Crippen MR) is 102 cm³/mol. The van der Waals surface area contributed by atoms with Gasteiger partial charge in [-0.3, -0.25) is 14.5 Å². The summed E-state index contributed by atoms with van der Waals surface area (Å²) >= 11 is 0. The largest absolute Gasteiger partial charge is 0.379 e. The lowest BCUT2D eigenvalue weighted by molar-refractivity contribution is -0.126. The van der Waals surface area contributed by atoms with Gasteiger partial charge in [0.25, 0.3) is 0 Å². The van der Waals surface area contributed by atoms with Crippen molar-refractivity contribution in [2.75, 3.05) is 45.9 Å². The van der Waals surface area contributed by atoms with Crippen LogP contribution in [-0.2, 0) is 19.7 Å². The molecule has 6 heteroatoms. The molecule has 1 aliphatic heterocycles. The molecule has 1 heterocycles. The minimum Gasteiger partial charge on any atom is -0.379 e. The second-order valence-electron chi connectivity index (χ2n) is 7.33. The molecule has 144 valence electrons.